The topological polar surface area (TPSA) is 35.9 Å². The smallest absolute Gasteiger partial charge is 0.0900 e. The zero-order valence-electron chi connectivity index (χ0n) is 18.6. The van der Waals surface area contributed by atoms with Crippen LogP contribution in [0.1, 0.15) is 45.6 Å². The van der Waals surface area contributed by atoms with E-state index in [1.165, 1.54) is 24.1 Å². The molecular weight excluding hydrogens is 384 g/mol. The third-order valence-electron chi connectivity index (χ3n) is 6.82. The molecule has 0 bridgehead atoms. The van der Waals surface area contributed by atoms with Gasteiger partial charge in [0.25, 0.3) is 0 Å². The van der Waals surface area contributed by atoms with E-state index in [-0.39, 0.29) is 0 Å². The van der Waals surface area contributed by atoms with Gasteiger partial charge in [0.2, 0.25) is 0 Å². The van der Waals surface area contributed by atoms with Gasteiger partial charge in [-0.05, 0) is 55.2 Å². The summed E-state index contributed by atoms with van der Waals surface area (Å²) in [6.45, 7) is 14.0. The number of piperazine rings is 1. The van der Waals surface area contributed by atoms with Crippen molar-refractivity contribution in [2.75, 3.05) is 44.2 Å². The van der Waals surface area contributed by atoms with E-state index in [2.05, 4.69) is 49.6 Å². The van der Waals surface area contributed by atoms with Gasteiger partial charge in [-0.1, -0.05) is 44.9 Å². The van der Waals surface area contributed by atoms with E-state index in [4.69, 9.17) is 16.3 Å². The van der Waals surface area contributed by atoms with E-state index in [0.717, 1.165) is 43.5 Å². The fourth-order valence-electron chi connectivity index (χ4n) is 4.99. The Morgan fingerprint density at radius 1 is 1.17 bits per heavy atom. The lowest BCUT2D eigenvalue weighted by Gasteiger charge is -2.39. The monoisotopic (exact) mass is 422 g/mol. The molecule has 2 fully saturated rings. The Labute approximate surface area is 182 Å². The van der Waals surface area contributed by atoms with E-state index in [9.17, 15) is 5.11 Å². The minimum Gasteiger partial charge on any atom is -0.389 e. The van der Waals surface area contributed by atoms with Crippen LogP contribution in [0.5, 0.6) is 0 Å². The number of hydrogen-bond acceptors (Lipinski definition) is 4. The Bertz CT molecular complexity index is 646. The lowest BCUT2D eigenvalue weighted by atomic mass is 9.75. The number of β-amino-alcohol motifs (C(OH)–C–C–N with tert-alkyl or cyclic N) is 1. The van der Waals surface area contributed by atoms with Gasteiger partial charge in [-0.2, -0.15) is 0 Å². The molecule has 0 aromatic heterocycles. The molecule has 4 atom stereocenters. The van der Waals surface area contributed by atoms with Gasteiger partial charge in [0.05, 0.1) is 18.8 Å². The van der Waals surface area contributed by atoms with Crippen LogP contribution in [0.25, 0.3) is 0 Å². The first-order chi connectivity index (χ1) is 13.8. The number of aryl methyl sites for hydroxylation is 1. The molecule has 1 saturated carbocycles. The van der Waals surface area contributed by atoms with Gasteiger partial charge in [-0.15, -0.1) is 0 Å². The normalized spacial score (nSPS) is 27.4. The molecule has 1 aromatic rings. The van der Waals surface area contributed by atoms with Crippen LogP contribution in [0.2, 0.25) is 5.02 Å². The third kappa shape index (κ3) is 6.33. The highest BCUT2D eigenvalue weighted by Crippen LogP contribution is 2.35. The van der Waals surface area contributed by atoms with Gasteiger partial charge in [0, 0.05) is 43.4 Å². The van der Waals surface area contributed by atoms with Crippen LogP contribution in [0.4, 0.5) is 5.69 Å². The van der Waals surface area contributed by atoms with Crippen molar-refractivity contribution in [3.05, 3.63) is 28.8 Å². The first-order valence-corrected chi connectivity index (χ1v) is 11.7. The molecule has 29 heavy (non-hydrogen) atoms. The van der Waals surface area contributed by atoms with Gasteiger partial charge >= 0.3 is 0 Å². The predicted octanol–water partition coefficient (Wildman–Crippen LogP) is 4.61. The number of rotatable bonds is 7. The highest BCUT2D eigenvalue weighted by Gasteiger charge is 2.32. The molecule has 4 nitrogen and oxygen atoms in total. The first kappa shape index (κ1) is 22.9. The van der Waals surface area contributed by atoms with Crippen LogP contribution < -0.4 is 4.90 Å². The summed E-state index contributed by atoms with van der Waals surface area (Å²) in [5, 5.41) is 11.4. The summed E-state index contributed by atoms with van der Waals surface area (Å²) in [5.41, 5.74) is 2.49. The van der Waals surface area contributed by atoms with Gasteiger partial charge < -0.3 is 14.7 Å². The average Bonchev–Trinajstić information content (AvgIpc) is 2.69. The van der Waals surface area contributed by atoms with Gasteiger partial charge in [0.1, 0.15) is 0 Å². The fraction of sp³-hybridized carbons (Fsp3) is 0.750. The lowest BCUT2D eigenvalue weighted by Crippen LogP contribution is -2.49. The van der Waals surface area contributed by atoms with Crippen LogP contribution in [-0.2, 0) is 4.74 Å². The first-order valence-electron chi connectivity index (χ1n) is 11.4. The van der Waals surface area contributed by atoms with Crippen molar-refractivity contribution in [3.63, 3.8) is 0 Å². The van der Waals surface area contributed by atoms with Crippen molar-refractivity contribution in [3.8, 4) is 0 Å². The summed E-state index contributed by atoms with van der Waals surface area (Å²) in [6, 6.07) is 6.09. The molecule has 0 spiro atoms. The summed E-state index contributed by atoms with van der Waals surface area (Å²) in [7, 11) is 0. The number of nitrogens with zero attached hydrogens (tertiary/aromatic N) is 2. The number of hydrogen-bond donors (Lipinski definition) is 1. The van der Waals surface area contributed by atoms with Gasteiger partial charge in [-0.3, -0.25) is 4.90 Å². The maximum atomic E-state index is 10.6. The molecule has 164 valence electrons. The molecule has 0 radical (unpaired) electrons. The van der Waals surface area contributed by atoms with Crippen LogP contribution in [0.15, 0.2) is 18.2 Å². The minimum absolute atomic E-state index is 0.302. The minimum atomic E-state index is -0.417. The van der Waals surface area contributed by atoms with E-state index in [0.29, 0.717) is 31.1 Å². The molecule has 1 aliphatic heterocycles. The third-order valence-corrected chi connectivity index (χ3v) is 7.05. The Morgan fingerprint density at radius 2 is 1.90 bits per heavy atom. The number of aliphatic hydroxyl groups excluding tert-OH is 1. The van der Waals surface area contributed by atoms with E-state index in [1.807, 2.05) is 6.07 Å². The summed E-state index contributed by atoms with van der Waals surface area (Å²) in [4.78, 5) is 4.76. The second-order valence-corrected chi connectivity index (χ2v) is 10.0. The maximum absolute atomic E-state index is 10.6. The highest BCUT2D eigenvalue weighted by atomic mass is 35.5. The van der Waals surface area contributed by atoms with Crippen molar-refractivity contribution in [1.82, 2.24) is 4.90 Å². The number of aliphatic hydroxyl groups is 1. The molecule has 1 aliphatic carbocycles. The SMILES string of the molecule is Cc1ccc(Cl)cc1N1CCN(C[C@H](O)CO[C@H]2C[C@H](C)CC[C@H]2C(C)C)CC1. The molecule has 3 rings (SSSR count). The number of halogens is 1. The maximum Gasteiger partial charge on any atom is 0.0900 e. The van der Waals surface area contributed by atoms with Gasteiger partial charge in [0.15, 0.2) is 0 Å². The summed E-state index contributed by atoms with van der Waals surface area (Å²) in [6.07, 6.45) is 3.58. The largest absolute Gasteiger partial charge is 0.389 e. The van der Waals surface area contributed by atoms with Gasteiger partial charge in [-0.25, -0.2) is 0 Å². The molecule has 5 heteroatoms. The van der Waals surface area contributed by atoms with Crippen molar-refractivity contribution in [1.29, 1.82) is 0 Å². The zero-order valence-corrected chi connectivity index (χ0v) is 19.4. The second-order valence-electron chi connectivity index (χ2n) is 9.57. The van der Waals surface area contributed by atoms with Crippen molar-refractivity contribution < 1.29 is 9.84 Å². The van der Waals surface area contributed by atoms with Crippen LogP contribution >= 0.6 is 11.6 Å². The molecule has 1 aromatic carbocycles. The van der Waals surface area contributed by atoms with Crippen LogP contribution in [0.3, 0.4) is 0 Å². The Morgan fingerprint density at radius 3 is 2.59 bits per heavy atom. The molecular formula is C24H39ClN2O2. The summed E-state index contributed by atoms with van der Waals surface area (Å²) < 4.78 is 6.25. The number of benzene rings is 1. The van der Waals surface area contributed by atoms with Crippen molar-refractivity contribution in [2.24, 2.45) is 17.8 Å². The second kappa shape index (κ2) is 10.5. The Hall–Kier alpha value is -0.810. The summed E-state index contributed by atoms with van der Waals surface area (Å²) in [5.74, 6) is 2.01. The van der Waals surface area contributed by atoms with E-state index in [1.54, 1.807) is 0 Å². The standard InChI is InChI=1S/C24H39ClN2O2/c1-17(2)22-8-5-18(3)13-24(22)29-16-21(28)15-26-9-11-27(12-10-26)23-14-20(25)7-6-19(23)4/h6-7,14,17-18,21-22,24,28H,5,8-13,15-16H2,1-4H3/t18-,21+,22+,24+/m1/s1. The Balaban J connectivity index is 1.43. The highest BCUT2D eigenvalue weighted by molar-refractivity contribution is 6.30. The van der Waals surface area contributed by atoms with Crippen LogP contribution in [0, 0.1) is 24.7 Å². The lowest BCUT2D eigenvalue weighted by molar-refractivity contribution is -0.0740. The average molecular weight is 423 g/mol. The molecule has 2 aliphatic rings. The Kier molecular flexibility index (Phi) is 8.26. The zero-order chi connectivity index (χ0) is 21.0. The van der Waals surface area contributed by atoms with Crippen LogP contribution in [-0.4, -0.2) is 61.5 Å². The quantitative estimate of drug-likeness (QED) is 0.696. The van der Waals surface area contributed by atoms with Crippen molar-refractivity contribution >= 4 is 17.3 Å². The number of anilines is 1. The number of ether oxygens (including phenoxy) is 1. The molecule has 1 saturated heterocycles. The fourth-order valence-corrected chi connectivity index (χ4v) is 5.15. The molecule has 1 N–H and O–H groups in total. The van der Waals surface area contributed by atoms with E-state index < -0.39 is 6.10 Å². The van der Waals surface area contributed by atoms with E-state index >= 15 is 0 Å². The molecule has 0 amide bonds. The summed E-state index contributed by atoms with van der Waals surface area (Å²) >= 11 is 6.19. The van der Waals surface area contributed by atoms with Crippen molar-refractivity contribution in [2.45, 2.75) is 59.2 Å². The molecule has 1 heterocycles. The predicted molar refractivity (Wildman–Crippen MR) is 122 cm³/mol. The molecule has 0 unspecified atom stereocenters.